The standard InChI is InChI=1S/C17H22N2O/c1-17(2)9-15(7-8-20-17)19-12-14-11-18-10-13-5-3-4-6-16(13)14/h3-6,10-11,15,19H,7-9,12H2,1-2H3. The van der Waals surface area contributed by atoms with Crippen molar-refractivity contribution in [3.05, 3.63) is 42.2 Å². The second kappa shape index (κ2) is 5.51. The Balaban J connectivity index is 1.71. The van der Waals surface area contributed by atoms with E-state index in [0.717, 1.165) is 26.0 Å². The first-order valence-corrected chi connectivity index (χ1v) is 7.33. The first-order chi connectivity index (χ1) is 9.64. The maximum absolute atomic E-state index is 5.77. The largest absolute Gasteiger partial charge is 0.375 e. The summed E-state index contributed by atoms with van der Waals surface area (Å²) < 4.78 is 5.77. The van der Waals surface area contributed by atoms with E-state index in [4.69, 9.17) is 4.74 Å². The van der Waals surface area contributed by atoms with Crippen LogP contribution in [0, 0.1) is 0 Å². The van der Waals surface area contributed by atoms with E-state index in [2.05, 4.69) is 48.4 Å². The molecule has 3 rings (SSSR count). The Kier molecular flexibility index (Phi) is 3.72. The van der Waals surface area contributed by atoms with Crippen LogP contribution in [-0.2, 0) is 11.3 Å². The van der Waals surface area contributed by atoms with Crippen LogP contribution in [0.3, 0.4) is 0 Å². The summed E-state index contributed by atoms with van der Waals surface area (Å²) >= 11 is 0. The van der Waals surface area contributed by atoms with E-state index in [-0.39, 0.29) is 5.60 Å². The number of ether oxygens (including phenoxy) is 1. The molecular formula is C17H22N2O. The van der Waals surface area contributed by atoms with E-state index in [1.807, 2.05) is 12.4 Å². The number of pyridine rings is 1. The van der Waals surface area contributed by atoms with Gasteiger partial charge in [-0.15, -0.1) is 0 Å². The summed E-state index contributed by atoms with van der Waals surface area (Å²) in [5, 5.41) is 6.17. The lowest BCUT2D eigenvalue weighted by Gasteiger charge is -2.36. The van der Waals surface area contributed by atoms with Crippen LogP contribution in [0.4, 0.5) is 0 Å². The molecule has 1 unspecified atom stereocenters. The molecule has 3 heteroatoms. The second-order valence-corrected chi connectivity index (χ2v) is 6.20. The Labute approximate surface area is 120 Å². The molecule has 0 spiro atoms. The number of hydrogen-bond acceptors (Lipinski definition) is 3. The first-order valence-electron chi connectivity index (χ1n) is 7.33. The Morgan fingerprint density at radius 3 is 3.00 bits per heavy atom. The zero-order chi connectivity index (χ0) is 14.0. The van der Waals surface area contributed by atoms with E-state index >= 15 is 0 Å². The number of aromatic nitrogens is 1. The van der Waals surface area contributed by atoms with Crippen LogP contribution in [0.1, 0.15) is 32.3 Å². The lowest BCUT2D eigenvalue weighted by Crippen LogP contribution is -2.43. The third-order valence-electron chi connectivity index (χ3n) is 4.03. The molecule has 1 fully saturated rings. The van der Waals surface area contributed by atoms with Crippen LogP contribution in [0.2, 0.25) is 0 Å². The fraction of sp³-hybridized carbons (Fsp3) is 0.471. The smallest absolute Gasteiger partial charge is 0.0641 e. The van der Waals surface area contributed by atoms with Crippen LogP contribution in [-0.4, -0.2) is 23.2 Å². The van der Waals surface area contributed by atoms with Gasteiger partial charge in [0.1, 0.15) is 0 Å². The molecule has 3 nitrogen and oxygen atoms in total. The number of benzene rings is 1. The molecule has 20 heavy (non-hydrogen) atoms. The van der Waals surface area contributed by atoms with Crippen molar-refractivity contribution in [3.8, 4) is 0 Å². The van der Waals surface area contributed by atoms with Crippen LogP contribution in [0.5, 0.6) is 0 Å². The van der Waals surface area contributed by atoms with Gasteiger partial charge >= 0.3 is 0 Å². The molecule has 0 aliphatic carbocycles. The lowest BCUT2D eigenvalue weighted by molar-refractivity contribution is -0.0630. The fourth-order valence-corrected chi connectivity index (χ4v) is 2.98. The summed E-state index contributed by atoms with van der Waals surface area (Å²) in [7, 11) is 0. The van der Waals surface area contributed by atoms with Crippen molar-refractivity contribution in [1.29, 1.82) is 0 Å². The zero-order valence-electron chi connectivity index (χ0n) is 12.2. The highest BCUT2D eigenvalue weighted by atomic mass is 16.5. The van der Waals surface area contributed by atoms with E-state index in [9.17, 15) is 0 Å². The van der Waals surface area contributed by atoms with Crippen molar-refractivity contribution >= 4 is 10.8 Å². The number of fused-ring (bicyclic) bond motifs is 1. The van der Waals surface area contributed by atoms with Crippen LogP contribution in [0.25, 0.3) is 10.8 Å². The van der Waals surface area contributed by atoms with E-state index in [1.165, 1.54) is 16.3 Å². The lowest BCUT2D eigenvalue weighted by atomic mass is 9.94. The van der Waals surface area contributed by atoms with Gasteiger partial charge in [-0.1, -0.05) is 24.3 Å². The molecular weight excluding hydrogens is 248 g/mol. The van der Waals surface area contributed by atoms with Crippen molar-refractivity contribution in [1.82, 2.24) is 10.3 Å². The molecule has 0 amide bonds. The predicted molar refractivity (Wildman–Crippen MR) is 81.6 cm³/mol. The third-order valence-corrected chi connectivity index (χ3v) is 4.03. The molecule has 1 aliphatic heterocycles. The monoisotopic (exact) mass is 270 g/mol. The molecule has 2 aromatic rings. The van der Waals surface area contributed by atoms with Gasteiger partial charge < -0.3 is 10.1 Å². The summed E-state index contributed by atoms with van der Waals surface area (Å²) in [6.45, 7) is 6.05. The van der Waals surface area contributed by atoms with Crippen molar-refractivity contribution in [2.75, 3.05) is 6.61 Å². The van der Waals surface area contributed by atoms with E-state index in [0.29, 0.717) is 6.04 Å². The predicted octanol–water partition coefficient (Wildman–Crippen LogP) is 3.28. The topological polar surface area (TPSA) is 34.2 Å². The number of nitrogens with zero attached hydrogens (tertiary/aromatic N) is 1. The zero-order valence-corrected chi connectivity index (χ0v) is 12.2. The van der Waals surface area contributed by atoms with Crippen LogP contribution < -0.4 is 5.32 Å². The summed E-state index contributed by atoms with van der Waals surface area (Å²) in [6, 6.07) is 8.95. The molecule has 1 N–H and O–H groups in total. The Hall–Kier alpha value is -1.45. The van der Waals surface area contributed by atoms with Gasteiger partial charge in [0.25, 0.3) is 0 Å². The molecule has 2 heterocycles. The van der Waals surface area contributed by atoms with Gasteiger partial charge in [-0.25, -0.2) is 0 Å². The number of hydrogen-bond donors (Lipinski definition) is 1. The first kappa shape index (κ1) is 13.5. The van der Waals surface area contributed by atoms with Crippen LogP contribution >= 0.6 is 0 Å². The van der Waals surface area contributed by atoms with Crippen LogP contribution in [0.15, 0.2) is 36.7 Å². The minimum Gasteiger partial charge on any atom is -0.375 e. The Morgan fingerprint density at radius 1 is 1.30 bits per heavy atom. The van der Waals surface area contributed by atoms with Crippen molar-refractivity contribution in [3.63, 3.8) is 0 Å². The minimum atomic E-state index is -0.00702. The Bertz CT molecular complexity index is 589. The number of nitrogens with one attached hydrogen (secondary N) is 1. The van der Waals surface area contributed by atoms with E-state index in [1.54, 1.807) is 0 Å². The molecule has 1 atom stereocenters. The summed E-state index contributed by atoms with van der Waals surface area (Å²) in [4.78, 5) is 4.34. The molecule has 106 valence electrons. The molecule has 1 saturated heterocycles. The highest BCUT2D eigenvalue weighted by molar-refractivity contribution is 5.84. The van der Waals surface area contributed by atoms with Gasteiger partial charge in [0, 0.05) is 37.0 Å². The van der Waals surface area contributed by atoms with E-state index < -0.39 is 0 Å². The molecule has 1 aromatic heterocycles. The highest BCUT2D eigenvalue weighted by Gasteiger charge is 2.28. The maximum atomic E-state index is 5.77. The van der Waals surface area contributed by atoms with Gasteiger partial charge in [-0.3, -0.25) is 4.98 Å². The average molecular weight is 270 g/mol. The molecule has 1 aromatic carbocycles. The normalized spacial score (nSPS) is 22.0. The quantitative estimate of drug-likeness (QED) is 0.929. The molecule has 0 saturated carbocycles. The molecule has 1 aliphatic rings. The maximum Gasteiger partial charge on any atom is 0.0641 e. The minimum absolute atomic E-state index is 0.00702. The van der Waals surface area contributed by atoms with Gasteiger partial charge in [-0.2, -0.15) is 0 Å². The van der Waals surface area contributed by atoms with Crippen molar-refractivity contribution in [2.45, 2.75) is 44.9 Å². The summed E-state index contributed by atoms with van der Waals surface area (Å²) in [5.74, 6) is 0. The third kappa shape index (κ3) is 3.00. The summed E-state index contributed by atoms with van der Waals surface area (Å²) in [6.07, 6.45) is 6.04. The Morgan fingerprint density at radius 2 is 2.15 bits per heavy atom. The fourth-order valence-electron chi connectivity index (χ4n) is 2.98. The highest BCUT2D eigenvalue weighted by Crippen LogP contribution is 2.24. The average Bonchev–Trinajstić information content (AvgIpc) is 2.44. The van der Waals surface area contributed by atoms with Gasteiger partial charge in [0.2, 0.25) is 0 Å². The van der Waals surface area contributed by atoms with Crippen molar-refractivity contribution < 1.29 is 4.74 Å². The number of rotatable bonds is 3. The summed E-state index contributed by atoms with van der Waals surface area (Å²) in [5.41, 5.74) is 1.26. The second-order valence-electron chi connectivity index (χ2n) is 6.20. The van der Waals surface area contributed by atoms with Gasteiger partial charge in [0.05, 0.1) is 5.60 Å². The molecule has 0 radical (unpaired) electrons. The SMILES string of the molecule is CC1(C)CC(NCc2cncc3ccccc23)CCO1. The van der Waals surface area contributed by atoms with Crippen molar-refractivity contribution in [2.24, 2.45) is 0 Å². The van der Waals surface area contributed by atoms with Gasteiger partial charge in [0.15, 0.2) is 0 Å². The molecule has 0 bridgehead atoms. The van der Waals surface area contributed by atoms with Gasteiger partial charge in [-0.05, 0) is 37.6 Å².